The molecule has 0 atom stereocenters. The maximum atomic E-state index is 6.21. The molecule has 0 fully saturated rings. The monoisotopic (exact) mass is 850 g/mol. The number of hydrogen-bond acceptors (Lipinski definition) is 6. The first-order valence-corrected chi connectivity index (χ1v) is 21.8. The molecule has 2 aliphatic rings. The fraction of sp³-hybridized carbons (Fsp3) is 0.214. The molecule has 0 amide bonds. The molecule has 8 heteroatoms. The minimum Gasteiger partial charge on any atom is -0.493 e. The first-order chi connectivity index (χ1) is 31.3. The third kappa shape index (κ3) is 8.43. The largest absolute Gasteiger partial charge is 0.493 e. The Morgan fingerprint density at radius 2 is 0.859 bits per heavy atom. The summed E-state index contributed by atoms with van der Waals surface area (Å²) in [7, 11) is 6.66. The molecule has 0 bridgehead atoms. The highest BCUT2D eigenvalue weighted by Gasteiger charge is 2.36. The van der Waals surface area contributed by atoms with Crippen molar-refractivity contribution < 1.29 is 37.6 Å². The van der Waals surface area contributed by atoms with Gasteiger partial charge >= 0.3 is 0 Å². The van der Waals surface area contributed by atoms with Crippen LogP contribution < -0.4 is 37.6 Å². The number of aryl methyl sites for hydroxylation is 2. The van der Waals surface area contributed by atoms with Crippen molar-refractivity contribution in [1.29, 1.82) is 0 Å². The van der Waals surface area contributed by atoms with Crippen molar-refractivity contribution in [2.75, 3.05) is 28.4 Å². The molecule has 8 nitrogen and oxygen atoms in total. The van der Waals surface area contributed by atoms with Crippen LogP contribution in [-0.4, -0.2) is 28.4 Å². The van der Waals surface area contributed by atoms with Gasteiger partial charge in [-0.25, -0.2) is 0 Å². The third-order valence-corrected chi connectivity index (χ3v) is 12.6. The fourth-order valence-electron chi connectivity index (χ4n) is 9.07. The van der Waals surface area contributed by atoms with E-state index in [1.54, 1.807) is 28.4 Å². The average molecular weight is 851 g/mol. The molecule has 0 aliphatic carbocycles. The van der Waals surface area contributed by atoms with Crippen molar-refractivity contribution in [3.05, 3.63) is 177 Å². The first-order valence-electron chi connectivity index (χ1n) is 21.8. The van der Waals surface area contributed by atoms with Gasteiger partial charge in [-0.05, 0) is 107 Å². The number of hydrogen-bond donors (Lipinski definition) is 0. The minimum atomic E-state index is 0.384. The summed E-state index contributed by atoms with van der Waals surface area (Å²) in [6, 6.07) is 36.9. The number of aromatic nitrogens is 2. The van der Waals surface area contributed by atoms with Crippen LogP contribution in [0.15, 0.2) is 122 Å². The van der Waals surface area contributed by atoms with Crippen molar-refractivity contribution in [3.8, 4) is 57.0 Å². The van der Waals surface area contributed by atoms with Crippen LogP contribution >= 0.6 is 0 Å². The van der Waals surface area contributed by atoms with E-state index < -0.39 is 0 Å². The number of pyridine rings is 2. The summed E-state index contributed by atoms with van der Waals surface area (Å²) in [6.45, 7) is 7.24. The van der Waals surface area contributed by atoms with Gasteiger partial charge in [0.05, 0.1) is 39.6 Å². The number of benzene rings is 5. The Balaban J connectivity index is 1.09. The van der Waals surface area contributed by atoms with Gasteiger partial charge in [0, 0.05) is 48.2 Å². The van der Waals surface area contributed by atoms with Gasteiger partial charge in [0.1, 0.15) is 24.7 Å². The number of para-hydroxylation sites is 2. The smallest absolute Gasteiger partial charge is 0.214 e. The molecular formula is C56H54N2O6+2. The predicted octanol–water partition coefficient (Wildman–Crippen LogP) is 10.9. The first kappa shape index (κ1) is 42.0. The average Bonchev–Trinajstić information content (AvgIpc) is 3.35. The highest BCUT2D eigenvalue weighted by Crippen LogP contribution is 2.43. The van der Waals surface area contributed by atoms with Crippen molar-refractivity contribution in [3.63, 3.8) is 0 Å². The van der Waals surface area contributed by atoms with Gasteiger partial charge in [0.15, 0.2) is 48.5 Å². The molecule has 0 radical (unpaired) electrons. The van der Waals surface area contributed by atoms with Crippen molar-refractivity contribution in [1.82, 2.24) is 0 Å². The third-order valence-electron chi connectivity index (χ3n) is 12.6. The van der Waals surface area contributed by atoms with Gasteiger partial charge in [-0.3, -0.25) is 0 Å². The normalized spacial score (nSPS) is 12.6. The molecule has 0 N–H and O–H groups in total. The Hall–Kier alpha value is -7.32. The molecule has 5 aromatic carbocycles. The van der Waals surface area contributed by atoms with Crippen LogP contribution in [0.2, 0.25) is 0 Å². The fourth-order valence-corrected chi connectivity index (χ4v) is 9.07. The van der Waals surface area contributed by atoms with E-state index in [2.05, 4.69) is 83.9 Å². The van der Waals surface area contributed by atoms with Gasteiger partial charge in [-0.2, -0.15) is 9.13 Å². The molecule has 2 aliphatic heterocycles. The maximum Gasteiger partial charge on any atom is 0.214 e. The SMILES string of the molecule is COc1cc(/C=C/c2cc[n+]3c(c2)-c2c(c(C)c(C)c4c2-c2cc(/C=C/c5cc(OC)c(OC)cc5COc5ccccc5)cc[n+]2CC4)CC3)c(COc2ccccc2)cc1OC. The number of nitrogens with zero attached hydrogens (tertiary/aromatic N) is 2. The second kappa shape index (κ2) is 18.6. The van der Waals surface area contributed by atoms with Gasteiger partial charge < -0.3 is 28.4 Å². The van der Waals surface area contributed by atoms with Gasteiger partial charge in [0.2, 0.25) is 11.4 Å². The summed E-state index contributed by atoms with van der Waals surface area (Å²) >= 11 is 0. The summed E-state index contributed by atoms with van der Waals surface area (Å²) in [5.41, 5.74) is 17.0. The molecule has 2 aromatic heterocycles. The molecule has 0 spiro atoms. The van der Waals surface area contributed by atoms with Gasteiger partial charge in [0.25, 0.3) is 0 Å². The second-order valence-electron chi connectivity index (χ2n) is 16.2. The maximum absolute atomic E-state index is 6.21. The Morgan fingerprint density at radius 1 is 0.469 bits per heavy atom. The standard InChI is InChI=1S/C56H54N2O6/c1-37-38(2)48-24-28-58-26-22-40(18-20-42-32-52(60-4)54(62-6)34-44(42)36-64-46-15-11-8-12-16-46)30-50(58)56(48)55-47(37)23-27-57-25-21-39(29-49(55)57)17-19-41-31-51(59-3)53(61-5)33-43(41)35-63-45-13-9-7-10-14-45/h7-22,25-26,29-34H,23-24,27-28,35-36H2,1-6H3/q+2/b19-17+,20-18+. The zero-order chi connectivity index (χ0) is 44.2. The number of rotatable bonds is 14. The lowest BCUT2D eigenvalue weighted by Crippen LogP contribution is -2.43. The van der Waals surface area contributed by atoms with Crippen LogP contribution in [0, 0.1) is 13.8 Å². The number of methoxy groups -OCH3 is 4. The molecule has 0 saturated heterocycles. The highest BCUT2D eigenvalue weighted by molar-refractivity contribution is 5.88. The molecule has 9 rings (SSSR count). The lowest BCUT2D eigenvalue weighted by atomic mass is 9.79. The van der Waals surface area contributed by atoms with E-state index >= 15 is 0 Å². The van der Waals surface area contributed by atoms with E-state index in [1.165, 1.54) is 44.8 Å². The number of fused-ring (bicyclic) bond motifs is 7. The van der Waals surface area contributed by atoms with Crippen molar-refractivity contribution in [2.45, 2.75) is 53.0 Å². The quantitative estimate of drug-likeness (QED) is 0.102. The van der Waals surface area contributed by atoms with Crippen LogP contribution in [0.5, 0.6) is 34.5 Å². The molecular weight excluding hydrogens is 797 g/mol. The predicted molar refractivity (Wildman–Crippen MR) is 253 cm³/mol. The zero-order valence-corrected chi connectivity index (χ0v) is 37.4. The molecule has 7 aromatic rings. The summed E-state index contributed by atoms with van der Waals surface area (Å²) in [5.74, 6) is 4.30. The lowest BCUT2D eigenvalue weighted by Gasteiger charge is -2.27. The molecule has 322 valence electrons. The Bertz CT molecular complexity index is 2710. The molecule has 0 unspecified atom stereocenters. The van der Waals surface area contributed by atoms with E-state index in [1.807, 2.05) is 84.9 Å². The van der Waals surface area contributed by atoms with E-state index in [0.717, 1.165) is 70.8 Å². The topological polar surface area (TPSA) is 63.1 Å². The van der Waals surface area contributed by atoms with Gasteiger partial charge in [-0.15, -0.1) is 0 Å². The van der Waals surface area contributed by atoms with Crippen molar-refractivity contribution >= 4 is 24.3 Å². The molecule has 0 saturated carbocycles. The van der Waals surface area contributed by atoms with E-state index in [4.69, 9.17) is 28.4 Å². The highest BCUT2D eigenvalue weighted by atomic mass is 16.5. The Kier molecular flexibility index (Phi) is 12.2. The van der Waals surface area contributed by atoms with Crippen LogP contribution in [-0.2, 0) is 39.1 Å². The van der Waals surface area contributed by atoms with Gasteiger partial charge in [-0.1, -0.05) is 60.7 Å². The summed E-state index contributed by atoms with van der Waals surface area (Å²) in [6.07, 6.45) is 15.1. The zero-order valence-electron chi connectivity index (χ0n) is 37.4. The summed E-state index contributed by atoms with van der Waals surface area (Å²) in [4.78, 5) is 0. The summed E-state index contributed by atoms with van der Waals surface area (Å²) in [5, 5.41) is 0. The minimum absolute atomic E-state index is 0.384. The van der Waals surface area contributed by atoms with E-state index in [0.29, 0.717) is 36.2 Å². The van der Waals surface area contributed by atoms with E-state index in [9.17, 15) is 0 Å². The number of ether oxygens (including phenoxy) is 6. The second-order valence-corrected chi connectivity index (χ2v) is 16.2. The summed E-state index contributed by atoms with van der Waals surface area (Å²) < 4.78 is 40.1. The Labute approximate surface area is 376 Å². The van der Waals surface area contributed by atoms with Crippen LogP contribution in [0.3, 0.4) is 0 Å². The van der Waals surface area contributed by atoms with Crippen LogP contribution in [0.4, 0.5) is 0 Å². The van der Waals surface area contributed by atoms with Crippen LogP contribution in [0.1, 0.15) is 55.6 Å². The van der Waals surface area contributed by atoms with Crippen molar-refractivity contribution in [2.24, 2.45) is 0 Å². The molecule has 64 heavy (non-hydrogen) atoms. The lowest BCUT2D eigenvalue weighted by molar-refractivity contribution is -0.689. The van der Waals surface area contributed by atoms with E-state index in [-0.39, 0.29) is 0 Å². The Morgan fingerprint density at radius 3 is 1.25 bits per heavy atom. The molecule has 4 heterocycles. The van der Waals surface area contributed by atoms with Crippen LogP contribution in [0.25, 0.3) is 46.8 Å².